The Morgan fingerprint density at radius 1 is 1.37 bits per heavy atom. The fourth-order valence-corrected chi connectivity index (χ4v) is 4.63. The molecule has 1 saturated heterocycles. The monoisotopic (exact) mass is 315 g/mol. The molecular formula is C11H13N3O2S3. The number of rotatable bonds is 1. The molecule has 0 radical (unpaired) electrons. The van der Waals surface area contributed by atoms with Crippen LogP contribution in [0.2, 0.25) is 0 Å². The van der Waals surface area contributed by atoms with Crippen molar-refractivity contribution in [1.29, 1.82) is 0 Å². The predicted octanol–water partition coefficient (Wildman–Crippen LogP) is 1.73. The van der Waals surface area contributed by atoms with Gasteiger partial charge in [0.1, 0.15) is 5.08 Å². The van der Waals surface area contributed by atoms with Gasteiger partial charge in [0.05, 0.1) is 5.69 Å². The van der Waals surface area contributed by atoms with E-state index in [4.69, 9.17) is 12.2 Å². The third-order valence-electron chi connectivity index (χ3n) is 2.35. The van der Waals surface area contributed by atoms with E-state index in [0.717, 1.165) is 0 Å². The molecule has 0 bridgehead atoms. The van der Waals surface area contributed by atoms with Crippen LogP contribution in [0.1, 0.15) is 0 Å². The van der Waals surface area contributed by atoms with Crippen LogP contribution >= 0.6 is 24.0 Å². The lowest BCUT2D eigenvalue weighted by Gasteiger charge is -2.17. The van der Waals surface area contributed by atoms with Gasteiger partial charge in [-0.3, -0.25) is 0 Å². The van der Waals surface area contributed by atoms with E-state index in [2.05, 4.69) is 4.99 Å². The van der Waals surface area contributed by atoms with Crippen molar-refractivity contribution in [2.75, 3.05) is 23.5 Å². The van der Waals surface area contributed by atoms with E-state index >= 15 is 0 Å². The Balaban J connectivity index is 2.44. The molecule has 8 heteroatoms. The van der Waals surface area contributed by atoms with E-state index in [0.29, 0.717) is 16.0 Å². The number of aliphatic imine (C=N–C) groups is 1. The molecule has 5 nitrogen and oxygen atoms in total. The number of thiocarbonyl (C=S) groups is 1. The van der Waals surface area contributed by atoms with Crippen LogP contribution < -0.4 is 4.31 Å². The van der Waals surface area contributed by atoms with Gasteiger partial charge in [-0.25, -0.2) is 12.7 Å². The molecule has 1 fully saturated rings. The molecule has 0 aliphatic carbocycles. The minimum Gasteiger partial charge on any atom is -0.354 e. The van der Waals surface area contributed by atoms with Crippen molar-refractivity contribution in [2.45, 2.75) is 0 Å². The summed E-state index contributed by atoms with van der Waals surface area (Å²) in [6, 6.07) is 8.88. The van der Waals surface area contributed by atoms with Crippen LogP contribution in [0, 0.1) is 0 Å². The van der Waals surface area contributed by atoms with Crippen LogP contribution in [0.15, 0.2) is 35.3 Å². The second kappa shape index (κ2) is 5.48. The fourth-order valence-electron chi connectivity index (χ4n) is 1.45. The molecule has 1 heterocycles. The molecular weight excluding hydrogens is 302 g/mol. The van der Waals surface area contributed by atoms with Gasteiger partial charge in [0.15, 0.2) is 10.3 Å². The Morgan fingerprint density at radius 2 is 2.00 bits per heavy atom. The van der Waals surface area contributed by atoms with E-state index in [1.807, 2.05) is 6.07 Å². The SMILES string of the molecule is CN(C)C(=S)/N=C1\SCS(=O)(=O)N1c1ccccc1. The normalized spacial score (nSPS) is 19.7. The molecule has 0 unspecified atom stereocenters. The van der Waals surface area contributed by atoms with Crippen molar-refractivity contribution >= 4 is 50.0 Å². The zero-order valence-corrected chi connectivity index (χ0v) is 12.9. The van der Waals surface area contributed by atoms with E-state index in [-0.39, 0.29) is 5.08 Å². The maximum absolute atomic E-state index is 12.1. The highest BCUT2D eigenvalue weighted by atomic mass is 32.3. The standard InChI is InChI=1S/C11H13N3O2S3/c1-13(2)10(17)12-11-14(19(15,16)8-18-11)9-6-4-3-5-7-9/h3-7H,8H2,1-2H3/b12-11-. The van der Waals surface area contributed by atoms with Crippen LogP contribution in [0.5, 0.6) is 0 Å². The van der Waals surface area contributed by atoms with Crippen molar-refractivity contribution in [3.63, 3.8) is 0 Å². The van der Waals surface area contributed by atoms with Crippen molar-refractivity contribution in [2.24, 2.45) is 4.99 Å². The number of thioether (sulfide) groups is 1. The maximum atomic E-state index is 12.1. The van der Waals surface area contributed by atoms with Crippen molar-refractivity contribution in [1.82, 2.24) is 4.90 Å². The summed E-state index contributed by atoms with van der Waals surface area (Å²) in [6.07, 6.45) is 0. The Morgan fingerprint density at radius 3 is 2.58 bits per heavy atom. The third kappa shape index (κ3) is 3.07. The summed E-state index contributed by atoms with van der Waals surface area (Å²) in [6.45, 7) is 0. The first-order valence-electron chi connectivity index (χ1n) is 5.42. The lowest BCUT2D eigenvalue weighted by atomic mass is 10.3. The van der Waals surface area contributed by atoms with Gasteiger partial charge in [0.25, 0.3) is 10.0 Å². The number of benzene rings is 1. The summed E-state index contributed by atoms with van der Waals surface area (Å²) in [4.78, 5) is 5.88. The molecule has 0 spiro atoms. The first-order chi connectivity index (χ1) is 8.92. The topological polar surface area (TPSA) is 53.0 Å². The molecule has 0 N–H and O–H groups in total. The molecule has 1 aromatic carbocycles. The second-order valence-corrected chi connectivity index (χ2v) is 7.54. The molecule has 0 saturated carbocycles. The molecule has 0 aromatic heterocycles. The van der Waals surface area contributed by atoms with Crippen LogP contribution in [-0.4, -0.2) is 42.8 Å². The summed E-state index contributed by atoms with van der Waals surface area (Å²) >= 11 is 6.27. The minimum atomic E-state index is -3.37. The lowest BCUT2D eigenvalue weighted by Crippen LogP contribution is -2.30. The molecule has 1 aliphatic heterocycles. The largest absolute Gasteiger partial charge is 0.354 e. The number of sulfonamides is 1. The van der Waals surface area contributed by atoms with Crippen LogP contribution in [0.3, 0.4) is 0 Å². The van der Waals surface area contributed by atoms with Crippen molar-refractivity contribution in [3.8, 4) is 0 Å². The van der Waals surface area contributed by atoms with E-state index < -0.39 is 10.0 Å². The maximum Gasteiger partial charge on any atom is 0.250 e. The van der Waals surface area contributed by atoms with Gasteiger partial charge in [0.2, 0.25) is 0 Å². The molecule has 0 atom stereocenters. The first kappa shape index (κ1) is 14.3. The molecule has 1 aliphatic rings. The van der Waals surface area contributed by atoms with Crippen molar-refractivity contribution in [3.05, 3.63) is 30.3 Å². The summed E-state index contributed by atoms with van der Waals surface area (Å²) in [5, 5.41) is 0.724. The van der Waals surface area contributed by atoms with Gasteiger partial charge < -0.3 is 4.90 Å². The van der Waals surface area contributed by atoms with Gasteiger partial charge in [-0.2, -0.15) is 4.99 Å². The average molecular weight is 315 g/mol. The fraction of sp³-hybridized carbons (Fsp3) is 0.273. The smallest absolute Gasteiger partial charge is 0.250 e. The minimum absolute atomic E-state index is 0.0171. The lowest BCUT2D eigenvalue weighted by molar-refractivity contribution is 0.602. The number of amidine groups is 1. The predicted molar refractivity (Wildman–Crippen MR) is 84.0 cm³/mol. The molecule has 19 heavy (non-hydrogen) atoms. The number of anilines is 1. The summed E-state index contributed by atoms with van der Waals surface area (Å²) in [5.74, 6) is 0. The molecule has 2 rings (SSSR count). The van der Waals surface area contributed by atoms with Gasteiger partial charge in [-0.15, -0.1) is 0 Å². The average Bonchev–Trinajstić information content (AvgIpc) is 2.65. The Hall–Kier alpha value is -1.12. The Kier molecular flexibility index (Phi) is 4.12. The van der Waals surface area contributed by atoms with E-state index in [1.165, 1.54) is 16.1 Å². The van der Waals surface area contributed by atoms with Gasteiger partial charge in [-0.1, -0.05) is 30.0 Å². The van der Waals surface area contributed by atoms with E-state index in [1.54, 1.807) is 43.3 Å². The van der Waals surface area contributed by atoms with E-state index in [9.17, 15) is 8.42 Å². The third-order valence-corrected chi connectivity index (χ3v) is 6.06. The quantitative estimate of drug-likeness (QED) is 0.739. The summed E-state index contributed by atoms with van der Waals surface area (Å²) in [5.41, 5.74) is 0.577. The van der Waals surface area contributed by atoms with Crippen LogP contribution in [-0.2, 0) is 10.0 Å². The zero-order valence-electron chi connectivity index (χ0n) is 10.5. The zero-order chi connectivity index (χ0) is 14.0. The molecule has 102 valence electrons. The van der Waals surface area contributed by atoms with Crippen LogP contribution in [0.25, 0.3) is 0 Å². The van der Waals surface area contributed by atoms with Gasteiger partial charge >= 0.3 is 0 Å². The Labute approximate surface area is 122 Å². The summed E-state index contributed by atoms with van der Waals surface area (Å²) < 4.78 is 25.4. The van der Waals surface area contributed by atoms with Gasteiger partial charge in [-0.05, 0) is 24.4 Å². The highest BCUT2D eigenvalue weighted by molar-refractivity contribution is 8.27. The summed E-state index contributed by atoms with van der Waals surface area (Å²) in [7, 11) is 0.169. The Bertz CT molecular complexity index is 611. The van der Waals surface area contributed by atoms with Crippen LogP contribution in [0.4, 0.5) is 5.69 Å². The van der Waals surface area contributed by atoms with Crippen molar-refractivity contribution < 1.29 is 8.42 Å². The number of nitrogens with zero attached hydrogens (tertiary/aromatic N) is 3. The first-order valence-corrected chi connectivity index (χ1v) is 8.43. The number of hydrogen-bond acceptors (Lipinski definition) is 4. The molecule has 0 amide bonds. The second-order valence-electron chi connectivity index (χ2n) is 4.05. The molecule has 1 aromatic rings. The highest BCUT2D eigenvalue weighted by Crippen LogP contribution is 2.31. The highest BCUT2D eigenvalue weighted by Gasteiger charge is 2.35. The number of hydrogen-bond donors (Lipinski definition) is 0. The van der Waals surface area contributed by atoms with Gasteiger partial charge in [0, 0.05) is 14.1 Å². The number of para-hydroxylation sites is 1.